The monoisotopic (exact) mass is 506 g/mol. The standard InChI is InChI=1S/C26H27ClN6O3/c27-20-9-11-23(22(15-20)32-26(35)33-24-12-8-19(16-28)17-31-24)36-14-4-13-30-25(34)21(29)10-7-18-5-2-1-3-6-18/h1-3,5-6,8-9,11-12,15,17,21H,4,7,10,13-14,29H2,(H,30,34)(H2,31,32,33,35). The van der Waals surface area contributed by atoms with Gasteiger partial charge in [0.05, 0.1) is 23.9 Å². The van der Waals surface area contributed by atoms with Crippen LogP contribution in [0, 0.1) is 11.3 Å². The van der Waals surface area contributed by atoms with Crippen LogP contribution >= 0.6 is 11.6 Å². The molecule has 1 atom stereocenters. The minimum atomic E-state index is -0.581. The lowest BCUT2D eigenvalue weighted by molar-refractivity contribution is -0.122. The second-order valence-corrected chi connectivity index (χ2v) is 8.32. The van der Waals surface area contributed by atoms with Gasteiger partial charge in [0.25, 0.3) is 0 Å². The van der Waals surface area contributed by atoms with Crippen LogP contribution in [0.3, 0.4) is 0 Å². The van der Waals surface area contributed by atoms with Crippen molar-refractivity contribution < 1.29 is 14.3 Å². The molecule has 1 unspecified atom stereocenters. The highest BCUT2D eigenvalue weighted by molar-refractivity contribution is 6.31. The number of amides is 3. The second kappa shape index (κ2) is 13.7. The summed E-state index contributed by atoms with van der Waals surface area (Å²) in [5.41, 5.74) is 7.90. The Morgan fingerprint density at radius 1 is 1.11 bits per heavy atom. The van der Waals surface area contributed by atoms with E-state index in [1.54, 1.807) is 24.3 Å². The van der Waals surface area contributed by atoms with Crippen LogP contribution in [-0.4, -0.2) is 36.1 Å². The van der Waals surface area contributed by atoms with Crippen molar-refractivity contribution in [3.05, 3.63) is 83.0 Å². The molecule has 0 fully saturated rings. The van der Waals surface area contributed by atoms with Gasteiger partial charge in [-0.25, -0.2) is 9.78 Å². The van der Waals surface area contributed by atoms with Gasteiger partial charge >= 0.3 is 6.03 Å². The summed E-state index contributed by atoms with van der Waals surface area (Å²) in [6, 6.07) is 18.7. The number of nitrogens with two attached hydrogens (primary N) is 1. The van der Waals surface area contributed by atoms with Crippen molar-refractivity contribution in [3.63, 3.8) is 0 Å². The molecule has 5 N–H and O–H groups in total. The zero-order chi connectivity index (χ0) is 25.8. The van der Waals surface area contributed by atoms with Crippen LogP contribution in [0.5, 0.6) is 5.75 Å². The molecule has 9 nitrogen and oxygen atoms in total. The van der Waals surface area contributed by atoms with E-state index in [-0.39, 0.29) is 11.7 Å². The van der Waals surface area contributed by atoms with Gasteiger partial charge < -0.3 is 21.1 Å². The Labute approximate surface area is 214 Å². The van der Waals surface area contributed by atoms with Crippen LogP contribution in [0.25, 0.3) is 0 Å². The fourth-order valence-corrected chi connectivity index (χ4v) is 3.40. The van der Waals surface area contributed by atoms with Crippen molar-refractivity contribution in [1.82, 2.24) is 10.3 Å². The molecule has 0 bridgehead atoms. The molecule has 0 radical (unpaired) electrons. The molecule has 0 aliphatic heterocycles. The van der Waals surface area contributed by atoms with Crippen molar-refractivity contribution in [1.29, 1.82) is 5.26 Å². The number of benzene rings is 2. The lowest BCUT2D eigenvalue weighted by atomic mass is 10.1. The van der Waals surface area contributed by atoms with Gasteiger partial charge in [-0.2, -0.15) is 5.26 Å². The number of halogens is 1. The number of urea groups is 1. The Morgan fingerprint density at radius 3 is 2.64 bits per heavy atom. The first-order chi connectivity index (χ1) is 17.4. The molecule has 3 aromatic rings. The topological polar surface area (TPSA) is 142 Å². The molecule has 0 aliphatic rings. The number of carbonyl (C=O) groups excluding carboxylic acids is 2. The van der Waals surface area contributed by atoms with E-state index in [2.05, 4.69) is 20.9 Å². The summed E-state index contributed by atoms with van der Waals surface area (Å²) in [5.74, 6) is 0.509. The number of pyridine rings is 1. The van der Waals surface area contributed by atoms with E-state index < -0.39 is 12.1 Å². The molecule has 186 valence electrons. The van der Waals surface area contributed by atoms with Crippen LogP contribution < -0.4 is 26.4 Å². The number of ether oxygens (including phenoxy) is 1. The zero-order valence-corrected chi connectivity index (χ0v) is 20.3. The molecule has 0 aliphatic carbocycles. The number of hydrogen-bond acceptors (Lipinski definition) is 6. The fraction of sp³-hybridized carbons (Fsp3) is 0.231. The maximum Gasteiger partial charge on any atom is 0.324 e. The summed E-state index contributed by atoms with van der Waals surface area (Å²) in [7, 11) is 0. The van der Waals surface area contributed by atoms with Gasteiger partial charge in [0.1, 0.15) is 17.6 Å². The summed E-state index contributed by atoms with van der Waals surface area (Å²) < 4.78 is 5.79. The molecular weight excluding hydrogens is 480 g/mol. The molecule has 0 saturated heterocycles. The molecule has 3 amide bonds. The Bertz CT molecular complexity index is 1200. The summed E-state index contributed by atoms with van der Waals surface area (Å²) in [6.07, 6.45) is 3.20. The van der Waals surface area contributed by atoms with E-state index in [1.165, 1.54) is 12.3 Å². The molecule has 3 rings (SSSR count). The van der Waals surface area contributed by atoms with Gasteiger partial charge in [0.15, 0.2) is 0 Å². The van der Waals surface area contributed by atoms with E-state index in [4.69, 9.17) is 27.3 Å². The number of hydrogen-bond donors (Lipinski definition) is 4. The van der Waals surface area contributed by atoms with Crippen LogP contribution in [0.4, 0.5) is 16.3 Å². The third-order valence-corrected chi connectivity index (χ3v) is 5.36. The highest BCUT2D eigenvalue weighted by atomic mass is 35.5. The van der Waals surface area contributed by atoms with E-state index in [9.17, 15) is 9.59 Å². The highest BCUT2D eigenvalue weighted by Crippen LogP contribution is 2.28. The first-order valence-corrected chi connectivity index (χ1v) is 11.8. The number of anilines is 2. The first-order valence-electron chi connectivity index (χ1n) is 11.4. The van der Waals surface area contributed by atoms with Crippen molar-refractivity contribution in [2.24, 2.45) is 5.73 Å². The maximum absolute atomic E-state index is 12.4. The number of aromatic nitrogens is 1. The molecule has 0 saturated carbocycles. The van der Waals surface area contributed by atoms with Gasteiger partial charge in [0.2, 0.25) is 5.91 Å². The van der Waals surface area contributed by atoms with Crippen molar-refractivity contribution in [2.45, 2.75) is 25.3 Å². The number of aryl methyl sites for hydroxylation is 1. The first kappa shape index (κ1) is 26.5. The van der Waals surface area contributed by atoms with E-state index in [0.29, 0.717) is 48.0 Å². The lowest BCUT2D eigenvalue weighted by Gasteiger charge is -2.15. The number of nitriles is 1. The van der Waals surface area contributed by atoms with Gasteiger partial charge in [-0.1, -0.05) is 41.9 Å². The van der Waals surface area contributed by atoms with Crippen LogP contribution in [0.2, 0.25) is 5.02 Å². The van der Waals surface area contributed by atoms with Gasteiger partial charge in [0, 0.05) is 17.8 Å². The van der Waals surface area contributed by atoms with Crippen LogP contribution in [-0.2, 0) is 11.2 Å². The van der Waals surface area contributed by atoms with Crippen molar-refractivity contribution >= 4 is 35.0 Å². The van der Waals surface area contributed by atoms with Gasteiger partial charge in [-0.3, -0.25) is 10.1 Å². The quantitative estimate of drug-likeness (QED) is 0.288. The minimum Gasteiger partial charge on any atom is -0.491 e. The zero-order valence-electron chi connectivity index (χ0n) is 19.5. The van der Waals surface area contributed by atoms with Crippen LogP contribution in [0.15, 0.2) is 66.9 Å². The average molecular weight is 507 g/mol. The van der Waals surface area contributed by atoms with E-state index in [0.717, 1.165) is 12.0 Å². The largest absolute Gasteiger partial charge is 0.491 e. The smallest absolute Gasteiger partial charge is 0.324 e. The normalized spacial score (nSPS) is 11.1. The predicted octanol–water partition coefficient (Wildman–Crippen LogP) is 4.10. The van der Waals surface area contributed by atoms with Gasteiger partial charge in [-0.05, 0) is 55.2 Å². The van der Waals surface area contributed by atoms with Crippen molar-refractivity contribution in [2.75, 3.05) is 23.8 Å². The predicted molar refractivity (Wildman–Crippen MR) is 139 cm³/mol. The summed E-state index contributed by atoms with van der Waals surface area (Å²) in [4.78, 5) is 28.6. The average Bonchev–Trinajstić information content (AvgIpc) is 2.89. The number of carbonyl (C=O) groups is 2. The molecular formula is C26H27ClN6O3. The third kappa shape index (κ3) is 8.58. The summed E-state index contributed by atoms with van der Waals surface area (Å²) >= 11 is 6.08. The number of rotatable bonds is 11. The molecule has 1 aromatic heterocycles. The number of nitrogens with zero attached hydrogens (tertiary/aromatic N) is 2. The van der Waals surface area contributed by atoms with Crippen molar-refractivity contribution in [3.8, 4) is 11.8 Å². The Hall–Kier alpha value is -4.13. The summed E-state index contributed by atoms with van der Waals surface area (Å²) in [6.45, 7) is 0.702. The van der Waals surface area contributed by atoms with E-state index in [1.807, 2.05) is 36.4 Å². The minimum absolute atomic E-state index is 0.201. The molecule has 1 heterocycles. The molecule has 36 heavy (non-hydrogen) atoms. The second-order valence-electron chi connectivity index (χ2n) is 7.89. The van der Waals surface area contributed by atoms with E-state index >= 15 is 0 Å². The maximum atomic E-state index is 12.4. The number of nitrogens with one attached hydrogen (secondary N) is 3. The Kier molecular flexibility index (Phi) is 10.1. The molecule has 0 spiro atoms. The van der Waals surface area contributed by atoms with Crippen LogP contribution in [0.1, 0.15) is 24.0 Å². The molecule has 10 heteroatoms. The highest BCUT2D eigenvalue weighted by Gasteiger charge is 2.13. The third-order valence-electron chi connectivity index (χ3n) is 5.13. The SMILES string of the molecule is N#Cc1ccc(NC(=O)Nc2cc(Cl)ccc2OCCCNC(=O)C(N)CCc2ccccc2)nc1. The summed E-state index contributed by atoms with van der Waals surface area (Å²) in [5, 5.41) is 17.3. The fourth-order valence-electron chi connectivity index (χ4n) is 3.22. The Morgan fingerprint density at radius 2 is 1.92 bits per heavy atom. The lowest BCUT2D eigenvalue weighted by Crippen LogP contribution is -2.41. The molecule has 2 aromatic carbocycles. The van der Waals surface area contributed by atoms with Gasteiger partial charge in [-0.15, -0.1) is 0 Å². The Balaban J connectivity index is 1.42.